The summed E-state index contributed by atoms with van der Waals surface area (Å²) in [5.41, 5.74) is 0. The fourth-order valence-corrected chi connectivity index (χ4v) is 1.58. The number of Topliss-reactive ketones (excluding diaryl/α,β-unsaturated/α-hetero) is 1. The van der Waals surface area contributed by atoms with E-state index in [1.807, 2.05) is 13.8 Å². The van der Waals surface area contributed by atoms with Gasteiger partial charge in [0.2, 0.25) is 0 Å². The van der Waals surface area contributed by atoms with Crippen molar-refractivity contribution in [3.8, 4) is 0 Å². The first-order chi connectivity index (χ1) is 4.22. The fraction of sp³-hybridized carbons (Fsp3) is 0.833. The van der Waals surface area contributed by atoms with Crippen LogP contribution in [-0.4, -0.2) is 16.2 Å². The van der Waals surface area contributed by atoms with E-state index in [1.54, 1.807) is 0 Å². The van der Waals surface area contributed by atoms with Crippen LogP contribution in [0.5, 0.6) is 0 Å². The Morgan fingerprint density at radius 2 is 2.22 bits per heavy atom. The Hall–Kier alpha value is 0.310. The van der Waals surface area contributed by atoms with Crippen LogP contribution in [-0.2, 0) is 4.79 Å². The second-order valence-corrected chi connectivity index (χ2v) is 3.67. The topological polar surface area (TPSA) is 17.1 Å². The molecule has 0 radical (unpaired) electrons. The number of hydrogen-bond acceptors (Lipinski definition) is 2. The lowest BCUT2D eigenvalue weighted by atomic mass is 10.3. The van der Waals surface area contributed by atoms with Crippen LogP contribution in [0.4, 0.5) is 0 Å². The smallest absolute Gasteiger partial charge is 0.160 e. The third kappa shape index (κ3) is 3.82. The minimum absolute atomic E-state index is 0.128. The molecule has 0 saturated heterocycles. The molecule has 3 heteroatoms. The molecule has 1 unspecified atom stereocenters. The normalized spacial score (nSPS) is 13.2. The molecular weight excluding hydrogens is 156 g/mol. The molecule has 0 amide bonds. The maximum Gasteiger partial charge on any atom is 0.160 e. The molecule has 0 rings (SSSR count). The Labute approximate surface area is 65.2 Å². The lowest BCUT2D eigenvalue weighted by molar-refractivity contribution is -0.117. The predicted octanol–water partition coefficient (Wildman–Crippen LogP) is 2.28. The van der Waals surface area contributed by atoms with Crippen molar-refractivity contribution < 1.29 is 4.79 Å². The third-order valence-electron chi connectivity index (χ3n) is 0.915. The highest BCUT2D eigenvalue weighted by Crippen LogP contribution is 2.16. The monoisotopic (exact) mass is 166 g/mol. The summed E-state index contributed by atoms with van der Waals surface area (Å²) in [4.78, 5) is 10.7. The molecule has 0 aromatic carbocycles. The van der Waals surface area contributed by atoms with Crippen LogP contribution in [0.1, 0.15) is 20.3 Å². The van der Waals surface area contributed by atoms with Gasteiger partial charge in [0.1, 0.15) is 4.71 Å². The van der Waals surface area contributed by atoms with Gasteiger partial charge < -0.3 is 0 Å². The second-order valence-electron chi connectivity index (χ2n) is 1.59. The first kappa shape index (κ1) is 9.31. The van der Waals surface area contributed by atoms with Crippen molar-refractivity contribution in [3.63, 3.8) is 0 Å². The maximum absolute atomic E-state index is 10.7. The molecule has 0 aromatic heterocycles. The van der Waals surface area contributed by atoms with Gasteiger partial charge in [-0.1, -0.05) is 13.8 Å². The molecule has 0 aliphatic rings. The molecule has 0 saturated carbocycles. The molecule has 0 aromatic rings. The van der Waals surface area contributed by atoms with Gasteiger partial charge >= 0.3 is 0 Å². The highest BCUT2D eigenvalue weighted by atomic mass is 35.5. The Kier molecular flexibility index (Phi) is 5.30. The summed E-state index contributed by atoms with van der Waals surface area (Å²) in [7, 11) is 0. The first-order valence-electron chi connectivity index (χ1n) is 3.00. The molecule has 1 atom stereocenters. The number of halogens is 1. The van der Waals surface area contributed by atoms with Gasteiger partial charge in [0, 0.05) is 6.42 Å². The number of rotatable bonds is 4. The standard InChI is InChI=1S/C6H11ClOS/c1-3-5(8)6(7)9-4-2/h6H,3-4H2,1-2H3. The average molecular weight is 167 g/mol. The number of carbonyl (C=O) groups excluding carboxylic acids is 1. The summed E-state index contributed by atoms with van der Waals surface area (Å²) in [6.07, 6.45) is 0.543. The predicted molar refractivity (Wildman–Crippen MR) is 43.1 cm³/mol. The maximum atomic E-state index is 10.7. The molecule has 0 spiro atoms. The molecule has 0 bridgehead atoms. The van der Waals surface area contributed by atoms with Crippen LogP contribution in [0.3, 0.4) is 0 Å². The van der Waals surface area contributed by atoms with E-state index >= 15 is 0 Å². The Morgan fingerprint density at radius 1 is 1.67 bits per heavy atom. The number of alkyl halides is 1. The van der Waals surface area contributed by atoms with Crippen molar-refractivity contribution in [1.82, 2.24) is 0 Å². The zero-order valence-electron chi connectivity index (χ0n) is 5.69. The zero-order valence-corrected chi connectivity index (χ0v) is 7.26. The zero-order chi connectivity index (χ0) is 7.28. The molecule has 54 valence electrons. The number of hydrogen-bond donors (Lipinski definition) is 0. The minimum Gasteiger partial charge on any atom is -0.297 e. The van der Waals surface area contributed by atoms with E-state index in [2.05, 4.69) is 0 Å². The summed E-state index contributed by atoms with van der Waals surface area (Å²) >= 11 is 7.12. The van der Waals surface area contributed by atoms with E-state index in [0.717, 1.165) is 5.75 Å². The molecule has 0 aliphatic heterocycles. The van der Waals surface area contributed by atoms with E-state index < -0.39 is 0 Å². The highest BCUT2D eigenvalue weighted by molar-refractivity contribution is 8.01. The third-order valence-corrected chi connectivity index (χ3v) is 2.42. The van der Waals surface area contributed by atoms with Crippen molar-refractivity contribution in [3.05, 3.63) is 0 Å². The number of ketones is 1. The van der Waals surface area contributed by atoms with Crippen LogP contribution in [0.25, 0.3) is 0 Å². The van der Waals surface area contributed by atoms with E-state index in [4.69, 9.17) is 11.6 Å². The Bertz CT molecular complexity index is 95.1. The van der Waals surface area contributed by atoms with Gasteiger partial charge in [0.15, 0.2) is 5.78 Å². The van der Waals surface area contributed by atoms with Crippen molar-refractivity contribution in [2.45, 2.75) is 25.0 Å². The minimum atomic E-state index is -0.319. The molecular formula is C6H11ClOS. The van der Waals surface area contributed by atoms with Crippen LogP contribution in [0.2, 0.25) is 0 Å². The van der Waals surface area contributed by atoms with Crippen molar-refractivity contribution >= 4 is 29.1 Å². The second kappa shape index (κ2) is 5.12. The van der Waals surface area contributed by atoms with Crippen LogP contribution < -0.4 is 0 Å². The van der Waals surface area contributed by atoms with Gasteiger partial charge in [-0.3, -0.25) is 4.79 Å². The quantitative estimate of drug-likeness (QED) is 0.597. The highest BCUT2D eigenvalue weighted by Gasteiger charge is 2.10. The summed E-state index contributed by atoms with van der Waals surface area (Å²) in [5, 5.41) is 0. The largest absolute Gasteiger partial charge is 0.297 e. The summed E-state index contributed by atoms with van der Waals surface area (Å²) < 4.78 is -0.319. The summed E-state index contributed by atoms with van der Waals surface area (Å²) in [6, 6.07) is 0. The van der Waals surface area contributed by atoms with Crippen LogP contribution >= 0.6 is 23.4 Å². The lowest BCUT2D eigenvalue weighted by Crippen LogP contribution is -2.08. The Balaban J connectivity index is 3.45. The van der Waals surface area contributed by atoms with Gasteiger partial charge in [-0.25, -0.2) is 0 Å². The summed E-state index contributed by atoms with van der Waals surface area (Å²) in [5.74, 6) is 1.03. The van der Waals surface area contributed by atoms with Gasteiger partial charge in [-0.2, -0.15) is 0 Å². The molecule has 1 nitrogen and oxygen atoms in total. The van der Waals surface area contributed by atoms with Crippen molar-refractivity contribution in [1.29, 1.82) is 0 Å². The first-order valence-corrected chi connectivity index (χ1v) is 4.49. The molecule has 0 N–H and O–H groups in total. The molecule has 9 heavy (non-hydrogen) atoms. The Morgan fingerprint density at radius 3 is 2.56 bits per heavy atom. The number of thioether (sulfide) groups is 1. The number of carbonyl (C=O) groups is 1. The van der Waals surface area contributed by atoms with E-state index in [-0.39, 0.29) is 10.5 Å². The molecule has 0 fully saturated rings. The molecule has 0 heterocycles. The van der Waals surface area contributed by atoms with E-state index in [0.29, 0.717) is 6.42 Å². The van der Waals surface area contributed by atoms with Crippen molar-refractivity contribution in [2.75, 3.05) is 5.75 Å². The van der Waals surface area contributed by atoms with Crippen LogP contribution in [0.15, 0.2) is 0 Å². The van der Waals surface area contributed by atoms with Gasteiger partial charge in [0.25, 0.3) is 0 Å². The van der Waals surface area contributed by atoms with Crippen LogP contribution in [0, 0.1) is 0 Å². The average Bonchev–Trinajstić information content (AvgIpc) is 1.87. The van der Waals surface area contributed by atoms with Crippen molar-refractivity contribution in [2.24, 2.45) is 0 Å². The summed E-state index contributed by atoms with van der Waals surface area (Å²) in [6.45, 7) is 3.82. The SMILES string of the molecule is CCSC(Cl)C(=O)CC. The van der Waals surface area contributed by atoms with Gasteiger partial charge in [-0.05, 0) is 5.75 Å². The fourth-order valence-electron chi connectivity index (χ4n) is 0.400. The van der Waals surface area contributed by atoms with E-state index in [9.17, 15) is 4.79 Å². The molecule has 0 aliphatic carbocycles. The van der Waals surface area contributed by atoms with E-state index in [1.165, 1.54) is 11.8 Å². The van der Waals surface area contributed by atoms with Gasteiger partial charge in [0.05, 0.1) is 0 Å². The lowest BCUT2D eigenvalue weighted by Gasteiger charge is -2.02. The van der Waals surface area contributed by atoms with Gasteiger partial charge in [-0.15, -0.1) is 23.4 Å².